The summed E-state index contributed by atoms with van der Waals surface area (Å²) in [5, 5.41) is 7.00. The quantitative estimate of drug-likeness (QED) is 0.489. The first-order valence-electron chi connectivity index (χ1n) is 9.62. The fourth-order valence-electron chi connectivity index (χ4n) is 3.06. The van der Waals surface area contributed by atoms with Crippen LogP contribution in [0, 0.1) is 0 Å². The maximum atomic E-state index is 12.6. The van der Waals surface area contributed by atoms with Crippen molar-refractivity contribution in [3.05, 3.63) is 78.1 Å². The summed E-state index contributed by atoms with van der Waals surface area (Å²) in [6.07, 6.45) is -1.15. The van der Waals surface area contributed by atoms with Crippen LogP contribution in [0.1, 0.15) is 37.1 Å². The Morgan fingerprint density at radius 1 is 1.00 bits per heavy atom. The second-order valence-corrected chi connectivity index (χ2v) is 6.74. The van der Waals surface area contributed by atoms with Crippen LogP contribution in [0.5, 0.6) is 11.5 Å². The number of hydrogen-bond donors (Lipinski definition) is 1. The molecule has 0 bridgehead atoms. The predicted octanol–water partition coefficient (Wildman–Crippen LogP) is 5.83. The third-order valence-corrected chi connectivity index (χ3v) is 4.50. The van der Waals surface area contributed by atoms with Crippen LogP contribution in [0.2, 0.25) is 0 Å². The molecule has 7 heteroatoms. The summed E-state index contributed by atoms with van der Waals surface area (Å²) in [7, 11) is 0. The van der Waals surface area contributed by atoms with Crippen molar-refractivity contribution in [3.63, 3.8) is 0 Å². The second-order valence-electron chi connectivity index (χ2n) is 6.74. The molecule has 0 fully saturated rings. The highest BCUT2D eigenvalue weighted by Gasteiger charge is 2.33. The maximum Gasteiger partial charge on any atom is 0.435 e. The first-order valence-corrected chi connectivity index (χ1v) is 9.62. The molecule has 1 unspecified atom stereocenters. The highest BCUT2D eigenvalue weighted by Crippen LogP contribution is 2.27. The Labute approximate surface area is 168 Å². The summed E-state index contributed by atoms with van der Waals surface area (Å²) in [6.45, 7) is 2.99. The number of para-hydroxylation sites is 1. The lowest BCUT2D eigenvalue weighted by Gasteiger charge is -2.19. The lowest BCUT2D eigenvalue weighted by Crippen LogP contribution is -2.25. The zero-order chi connectivity index (χ0) is 20.7. The molecular formula is C22H24F3N3O. The topological polar surface area (TPSA) is 39.1 Å². The van der Waals surface area contributed by atoms with Gasteiger partial charge >= 0.3 is 6.18 Å². The summed E-state index contributed by atoms with van der Waals surface area (Å²) in [6, 6.07) is 18.6. The molecule has 3 rings (SSSR count). The number of aromatic nitrogens is 2. The number of halogens is 3. The van der Waals surface area contributed by atoms with Gasteiger partial charge in [-0.2, -0.15) is 18.3 Å². The molecule has 154 valence electrons. The van der Waals surface area contributed by atoms with Crippen molar-refractivity contribution in [1.82, 2.24) is 15.1 Å². The van der Waals surface area contributed by atoms with Crippen LogP contribution in [-0.4, -0.2) is 16.3 Å². The van der Waals surface area contributed by atoms with E-state index in [1.54, 1.807) is 0 Å². The molecule has 0 saturated carbocycles. The molecule has 0 saturated heterocycles. The summed E-state index contributed by atoms with van der Waals surface area (Å²) in [4.78, 5) is 0. The monoisotopic (exact) mass is 403 g/mol. The van der Waals surface area contributed by atoms with E-state index in [0.29, 0.717) is 13.1 Å². The maximum absolute atomic E-state index is 12.6. The minimum absolute atomic E-state index is 0.114. The SMILES string of the molecule is CCCC(NCCn1ccc(C(F)(F)F)n1)c1ccc(Oc2ccccc2)cc1. The number of benzene rings is 2. The van der Waals surface area contributed by atoms with Gasteiger partial charge in [-0.3, -0.25) is 4.68 Å². The average Bonchev–Trinajstić information content (AvgIpc) is 3.18. The Kier molecular flexibility index (Phi) is 6.93. The normalized spacial score (nSPS) is 12.7. The van der Waals surface area contributed by atoms with Crippen LogP contribution >= 0.6 is 0 Å². The number of hydrogen-bond acceptors (Lipinski definition) is 3. The Bertz CT molecular complexity index is 876. The zero-order valence-corrected chi connectivity index (χ0v) is 16.2. The van der Waals surface area contributed by atoms with Crippen molar-refractivity contribution in [3.8, 4) is 11.5 Å². The Morgan fingerprint density at radius 3 is 2.31 bits per heavy atom. The van der Waals surface area contributed by atoms with Gasteiger partial charge in [-0.25, -0.2) is 0 Å². The fraction of sp³-hybridized carbons (Fsp3) is 0.318. The molecule has 1 aromatic heterocycles. The van der Waals surface area contributed by atoms with E-state index < -0.39 is 11.9 Å². The molecule has 0 aliphatic carbocycles. The molecule has 1 N–H and O–H groups in total. The summed E-state index contributed by atoms with van der Waals surface area (Å²) < 4.78 is 45.1. The highest BCUT2D eigenvalue weighted by atomic mass is 19.4. The molecule has 3 aromatic rings. The van der Waals surface area contributed by atoms with E-state index in [-0.39, 0.29) is 6.04 Å². The van der Waals surface area contributed by atoms with Crippen LogP contribution in [-0.2, 0) is 12.7 Å². The van der Waals surface area contributed by atoms with Crippen molar-refractivity contribution in [2.75, 3.05) is 6.54 Å². The van der Waals surface area contributed by atoms with Crippen molar-refractivity contribution in [2.24, 2.45) is 0 Å². The van der Waals surface area contributed by atoms with Gasteiger partial charge < -0.3 is 10.1 Å². The molecular weight excluding hydrogens is 379 g/mol. The van der Waals surface area contributed by atoms with Crippen molar-refractivity contribution in [1.29, 1.82) is 0 Å². The second kappa shape index (κ2) is 9.60. The number of nitrogens with one attached hydrogen (secondary N) is 1. The Hall–Kier alpha value is -2.80. The lowest BCUT2D eigenvalue weighted by atomic mass is 10.0. The molecule has 4 nitrogen and oxygen atoms in total. The van der Waals surface area contributed by atoms with E-state index in [9.17, 15) is 13.2 Å². The average molecular weight is 403 g/mol. The number of nitrogens with zero attached hydrogens (tertiary/aromatic N) is 2. The molecule has 0 aliphatic heterocycles. The van der Waals surface area contributed by atoms with Crippen LogP contribution in [0.3, 0.4) is 0 Å². The van der Waals surface area contributed by atoms with E-state index in [2.05, 4.69) is 17.3 Å². The zero-order valence-electron chi connectivity index (χ0n) is 16.2. The van der Waals surface area contributed by atoms with E-state index in [1.807, 2.05) is 54.6 Å². The predicted molar refractivity (Wildman–Crippen MR) is 106 cm³/mol. The highest BCUT2D eigenvalue weighted by molar-refractivity contribution is 5.34. The summed E-state index contributed by atoms with van der Waals surface area (Å²) in [5.41, 5.74) is 0.250. The van der Waals surface area contributed by atoms with Gasteiger partial charge in [-0.15, -0.1) is 0 Å². The fourth-order valence-corrected chi connectivity index (χ4v) is 3.06. The third-order valence-electron chi connectivity index (χ3n) is 4.50. The Balaban J connectivity index is 1.57. The molecule has 1 atom stereocenters. The van der Waals surface area contributed by atoms with Crippen LogP contribution in [0.25, 0.3) is 0 Å². The molecule has 0 amide bonds. The van der Waals surface area contributed by atoms with Gasteiger partial charge in [0, 0.05) is 18.8 Å². The first-order chi connectivity index (χ1) is 14.0. The Morgan fingerprint density at radius 2 is 1.69 bits per heavy atom. The number of alkyl halides is 3. The van der Waals surface area contributed by atoms with Crippen molar-refractivity contribution in [2.45, 2.75) is 38.5 Å². The smallest absolute Gasteiger partial charge is 0.435 e. The van der Waals surface area contributed by atoms with Gasteiger partial charge in [0.2, 0.25) is 0 Å². The minimum atomic E-state index is -4.41. The standard InChI is InChI=1S/C22H24F3N3O/c1-2-6-20(26-14-16-28-15-13-21(27-28)22(23,24)25)17-9-11-19(12-10-17)29-18-7-4-3-5-8-18/h3-5,7-13,15,20,26H,2,6,14,16H2,1H3. The summed E-state index contributed by atoms with van der Waals surface area (Å²) in [5.74, 6) is 1.53. The largest absolute Gasteiger partial charge is 0.457 e. The third kappa shape index (κ3) is 6.09. The van der Waals surface area contributed by atoms with E-state index >= 15 is 0 Å². The van der Waals surface area contributed by atoms with E-state index in [1.165, 1.54) is 10.9 Å². The minimum Gasteiger partial charge on any atom is -0.457 e. The van der Waals surface area contributed by atoms with Gasteiger partial charge in [0.05, 0.1) is 6.54 Å². The van der Waals surface area contributed by atoms with Crippen LogP contribution in [0.4, 0.5) is 13.2 Å². The van der Waals surface area contributed by atoms with Gasteiger partial charge in [0.25, 0.3) is 0 Å². The van der Waals surface area contributed by atoms with E-state index in [0.717, 1.165) is 36.0 Å². The van der Waals surface area contributed by atoms with Gasteiger partial charge in [0.1, 0.15) is 11.5 Å². The lowest BCUT2D eigenvalue weighted by molar-refractivity contribution is -0.141. The molecule has 1 heterocycles. The van der Waals surface area contributed by atoms with Crippen LogP contribution in [0.15, 0.2) is 66.9 Å². The van der Waals surface area contributed by atoms with E-state index in [4.69, 9.17) is 4.74 Å². The van der Waals surface area contributed by atoms with Crippen LogP contribution < -0.4 is 10.1 Å². The van der Waals surface area contributed by atoms with Gasteiger partial charge in [-0.05, 0) is 42.3 Å². The van der Waals surface area contributed by atoms with Crippen molar-refractivity contribution < 1.29 is 17.9 Å². The molecule has 29 heavy (non-hydrogen) atoms. The van der Waals surface area contributed by atoms with Gasteiger partial charge in [-0.1, -0.05) is 43.7 Å². The van der Waals surface area contributed by atoms with Gasteiger partial charge in [0.15, 0.2) is 5.69 Å². The number of ether oxygens (including phenoxy) is 1. The number of rotatable bonds is 9. The molecule has 0 aliphatic rings. The molecule has 2 aromatic carbocycles. The molecule has 0 spiro atoms. The summed E-state index contributed by atoms with van der Waals surface area (Å²) >= 11 is 0. The molecule has 0 radical (unpaired) electrons. The van der Waals surface area contributed by atoms with Crippen molar-refractivity contribution >= 4 is 0 Å². The first kappa shape index (κ1) is 20.9.